The zero-order chi connectivity index (χ0) is 17.1. The standard InChI is InChI=1S/C18H16N4O2/c1-11(23)22-14-8-16-13(9-20-18(16)21-10-14)7-15(17(19)24)12-5-3-2-4-6-12/h2-10H,1H3,(H2,19,24)(H,20,21)(H,22,23). The Morgan fingerprint density at radius 3 is 2.67 bits per heavy atom. The van der Waals surface area contributed by atoms with Crippen LogP contribution in [-0.2, 0) is 9.59 Å². The molecule has 1 aromatic carbocycles. The summed E-state index contributed by atoms with van der Waals surface area (Å²) in [6.45, 7) is 1.43. The highest BCUT2D eigenvalue weighted by Crippen LogP contribution is 2.25. The van der Waals surface area contributed by atoms with Gasteiger partial charge in [0.1, 0.15) is 5.65 Å². The first-order chi connectivity index (χ1) is 11.5. The highest BCUT2D eigenvalue weighted by atomic mass is 16.1. The molecule has 4 N–H and O–H groups in total. The van der Waals surface area contributed by atoms with Crippen molar-refractivity contribution in [2.45, 2.75) is 6.92 Å². The third kappa shape index (κ3) is 3.17. The molecule has 3 aromatic rings. The van der Waals surface area contributed by atoms with Crippen LogP contribution in [0.4, 0.5) is 5.69 Å². The van der Waals surface area contributed by atoms with Gasteiger partial charge in [0.15, 0.2) is 0 Å². The van der Waals surface area contributed by atoms with E-state index in [1.807, 2.05) is 30.3 Å². The molecule has 0 atom stereocenters. The number of anilines is 1. The van der Waals surface area contributed by atoms with E-state index < -0.39 is 5.91 Å². The Kier molecular flexibility index (Phi) is 4.11. The minimum atomic E-state index is -0.512. The lowest BCUT2D eigenvalue weighted by Gasteiger charge is -2.04. The molecule has 2 aromatic heterocycles. The van der Waals surface area contributed by atoms with E-state index in [1.54, 1.807) is 24.5 Å². The van der Waals surface area contributed by atoms with Crippen LogP contribution in [-0.4, -0.2) is 21.8 Å². The average Bonchev–Trinajstić information content (AvgIpc) is 2.95. The van der Waals surface area contributed by atoms with Gasteiger partial charge in [0.2, 0.25) is 11.8 Å². The van der Waals surface area contributed by atoms with Crippen LogP contribution in [0, 0.1) is 0 Å². The summed E-state index contributed by atoms with van der Waals surface area (Å²) in [5.74, 6) is -0.688. The number of nitrogens with zero attached hydrogens (tertiary/aromatic N) is 1. The minimum Gasteiger partial charge on any atom is -0.366 e. The van der Waals surface area contributed by atoms with Crippen molar-refractivity contribution in [3.63, 3.8) is 0 Å². The summed E-state index contributed by atoms with van der Waals surface area (Å²) in [4.78, 5) is 30.4. The lowest BCUT2D eigenvalue weighted by molar-refractivity contribution is -0.114. The number of pyridine rings is 1. The average molecular weight is 320 g/mol. The summed E-state index contributed by atoms with van der Waals surface area (Å²) in [5.41, 5.74) is 8.69. The van der Waals surface area contributed by atoms with Gasteiger partial charge in [-0.3, -0.25) is 9.59 Å². The van der Waals surface area contributed by atoms with Gasteiger partial charge in [0.25, 0.3) is 0 Å². The van der Waals surface area contributed by atoms with Crippen LogP contribution in [0.2, 0.25) is 0 Å². The number of amides is 2. The summed E-state index contributed by atoms with van der Waals surface area (Å²) < 4.78 is 0. The molecule has 0 fully saturated rings. The topological polar surface area (TPSA) is 101 Å². The van der Waals surface area contributed by atoms with Gasteiger partial charge in [-0.2, -0.15) is 0 Å². The molecule has 3 rings (SSSR count). The Morgan fingerprint density at radius 2 is 2.00 bits per heavy atom. The highest BCUT2D eigenvalue weighted by molar-refractivity contribution is 6.24. The van der Waals surface area contributed by atoms with Crippen molar-refractivity contribution in [2.24, 2.45) is 5.73 Å². The maximum atomic E-state index is 11.8. The minimum absolute atomic E-state index is 0.175. The number of aromatic nitrogens is 2. The van der Waals surface area contributed by atoms with Crippen molar-refractivity contribution in [2.75, 3.05) is 5.32 Å². The molecular weight excluding hydrogens is 304 g/mol. The van der Waals surface area contributed by atoms with E-state index in [0.717, 1.165) is 16.5 Å². The number of rotatable bonds is 4. The third-order valence-electron chi connectivity index (χ3n) is 3.53. The number of carbonyl (C=O) groups excluding carboxylic acids is 2. The van der Waals surface area contributed by atoms with E-state index in [4.69, 9.17) is 5.73 Å². The molecule has 0 aliphatic rings. The Morgan fingerprint density at radius 1 is 1.25 bits per heavy atom. The van der Waals surface area contributed by atoms with Crippen molar-refractivity contribution < 1.29 is 9.59 Å². The number of H-pyrrole nitrogens is 1. The number of primary amides is 1. The SMILES string of the molecule is CC(=O)Nc1cnc2[nH]cc(C=C(C(N)=O)c3ccccc3)c2c1. The number of nitrogens with two attached hydrogens (primary N) is 1. The molecule has 0 aliphatic carbocycles. The molecule has 0 saturated heterocycles. The Balaban J connectivity index is 2.10. The van der Waals surface area contributed by atoms with Gasteiger partial charge in [-0.25, -0.2) is 4.98 Å². The van der Waals surface area contributed by atoms with Crippen LogP contribution in [0.5, 0.6) is 0 Å². The van der Waals surface area contributed by atoms with Crippen LogP contribution in [0.15, 0.2) is 48.8 Å². The monoisotopic (exact) mass is 320 g/mol. The zero-order valence-corrected chi connectivity index (χ0v) is 13.0. The summed E-state index contributed by atoms with van der Waals surface area (Å²) in [5, 5.41) is 3.48. The van der Waals surface area contributed by atoms with Crippen molar-refractivity contribution in [1.29, 1.82) is 0 Å². The van der Waals surface area contributed by atoms with Crippen LogP contribution >= 0.6 is 0 Å². The van der Waals surface area contributed by atoms with Crippen LogP contribution in [0.1, 0.15) is 18.1 Å². The van der Waals surface area contributed by atoms with Crippen molar-refractivity contribution in [1.82, 2.24) is 9.97 Å². The number of hydrogen-bond donors (Lipinski definition) is 3. The van der Waals surface area contributed by atoms with Crippen LogP contribution in [0.25, 0.3) is 22.7 Å². The highest BCUT2D eigenvalue weighted by Gasteiger charge is 2.11. The van der Waals surface area contributed by atoms with E-state index in [9.17, 15) is 9.59 Å². The fourth-order valence-electron chi connectivity index (χ4n) is 2.48. The molecule has 0 spiro atoms. The number of fused-ring (bicyclic) bond motifs is 1. The molecule has 0 aliphatic heterocycles. The van der Waals surface area contributed by atoms with Gasteiger partial charge in [-0.15, -0.1) is 0 Å². The molecule has 24 heavy (non-hydrogen) atoms. The van der Waals surface area contributed by atoms with Gasteiger partial charge in [-0.1, -0.05) is 30.3 Å². The molecule has 6 heteroatoms. The quantitative estimate of drug-likeness (QED) is 0.644. The molecule has 0 saturated carbocycles. The second-order valence-corrected chi connectivity index (χ2v) is 5.33. The fourth-order valence-corrected chi connectivity index (χ4v) is 2.48. The van der Waals surface area contributed by atoms with E-state index in [0.29, 0.717) is 16.9 Å². The van der Waals surface area contributed by atoms with Crippen molar-refractivity contribution >= 4 is 40.2 Å². The molecule has 0 unspecified atom stereocenters. The lowest BCUT2D eigenvalue weighted by atomic mass is 10.0. The van der Waals surface area contributed by atoms with Crippen molar-refractivity contribution in [3.8, 4) is 0 Å². The van der Waals surface area contributed by atoms with E-state index in [1.165, 1.54) is 6.92 Å². The second kappa shape index (κ2) is 6.37. The summed E-state index contributed by atoms with van der Waals surface area (Å²) >= 11 is 0. The largest absolute Gasteiger partial charge is 0.366 e. The van der Waals surface area contributed by atoms with E-state index in [2.05, 4.69) is 15.3 Å². The van der Waals surface area contributed by atoms with Gasteiger partial charge in [-0.05, 0) is 17.7 Å². The molecular formula is C18H16N4O2. The Labute approximate surface area is 138 Å². The van der Waals surface area contributed by atoms with E-state index in [-0.39, 0.29) is 5.91 Å². The second-order valence-electron chi connectivity index (χ2n) is 5.33. The first-order valence-corrected chi connectivity index (χ1v) is 7.36. The van der Waals surface area contributed by atoms with Crippen LogP contribution in [0.3, 0.4) is 0 Å². The Hall–Kier alpha value is -3.41. The fraction of sp³-hybridized carbons (Fsp3) is 0.0556. The van der Waals surface area contributed by atoms with Gasteiger partial charge in [0.05, 0.1) is 11.9 Å². The van der Waals surface area contributed by atoms with Gasteiger partial charge in [0, 0.05) is 29.6 Å². The summed E-state index contributed by atoms with van der Waals surface area (Å²) in [6, 6.07) is 11.0. The lowest BCUT2D eigenvalue weighted by Crippen LogP contribution is -2.12. The predicted octanol–water partition coefficient (Wildman–Crippen LogP) is 2.55. The molecule has 120 valence electrons. The smallest absolute Gasteiger partial charge is 0.249 e. The number of benzene rings is 1. The summed E-state index contributed by atoms with van der Waals surface area (Å²) in [7, 11) is 0. The van der Waals surface area contributed by atoms with Crippen molar-refractivity contribution in [3.05, 3.63) is 59.9 Å². The maximum Gasteiger partial charge on any atom is 0.249 e. The first kappa shape index (κ1) is 15.5. The van der Waals surface area contributed by atoms with Crippen LogP contribution < -0.4 is 11.1 Å². The molecule has 2 heterocycles. The third-order valence-corrected chi connectivity index (χ3v) is 3.53. The normalized spacial score (nSPS) is 11.5. The maximum absolute atomic E-state index is 11.8. The van der Waals surface area contributed by atoms with Gasteiger partial charge < -0.3 is 16.0 Å². The number of aromatic amines is 1. The summed E-state index contributed by atoms with van der Waals surface area (Å²) in [6.07, 6.45) is 5.04. The number of nitrogens with one attached hydrogen (secondary N) is 2. The molecule has 0 radical (unpaired) electrons. The Bertz CT molecular complexity index is 942. The number of hydrogen-bond acceptors (Lipinski definition) is 3. The van der Waals surface area contributed by atoms with Gasteiger partial charge >= 0.3 is 0 Å². The van der Waals surface area contributed by atoms with E-state index >= 15 is 0 Å². The molecule has 0 bridgehead atoms. The molecule has 6 nitrogen and oxygen atoms in total. The predicted molar refractivity (Wildman–Crippen MR) is 93.9 cm³/mol. The first-order valence-electron chi connectivity index (χ1n) is 7.36. The number of carbonyl (C=O) groups is 2. The molecule has 2 amide bonds. The zero-order valence-electron chi connectivity index (χ0n) is 13.0.